The standard InChI is InChI=1S/C18H20ClN5O/c1-4-12-13(9-20)18(24-23-15(12)5-2)21-10-17(25)22-16-7-6-11(3)8-14(16)19/h6-8H,4-5,10H2,1-3H3,(H,21,24)(H,22,25). The molecule has 0 fully saturated rings. The molecule has 0 spiro atoms. The quantitative estimate of drug-likeness (QED) is 0.825. The van der Waals surface area contributed by atoms with Crippen molar-refractivity contribution in [1.82, 2.24) is 10.2 Å². The van der Waals surface area contributed by atoms with Gasteiger partial charge < -0.3 is 10.6 Å². The Morgan fingerprint density at radius 1 is 1.28 bits per heavy atom. The molecule has 7 heteroatoms. The van der Waals surface area contributed by atoms with Crippen molar-refractivity contribution in [3.8, 4) is 6.07 Å². The summed E-state index contributed by atoms with van der Waals surface area (Å²) in [6, 6.07) is 7.56. The number of hydrogen-bond donors (Lipinski definition) is 2. The summed E-state index contributed by atoms with van der Waals surface area (Å²) in [5, 5.41) is 23.7. The lowest BCUT2D eigenvalue weighted by molar-refractivity contribution is -0.114. The highest BCUT2D eigenvalue weighted by molar-refractivity contribution is 6.33. The fourth-order valence-corrected chi connectivity index (χ4v) is 2.78. The van der Waals surface area contributed by atoms with Crippen molar-refractivity contribution in [1.29, 1.82) is 5.26 Å². The topological polar surface area (TPSA) is 90.7 Å². The molecule has 2 aromatic rings. The molecule has 1 heterocycles. The first-order chi connectivity index (χ1) is 12.0. The highest BCUT2D eigenvalue weighted by Crippen LogP contribution is 2.23. The summed E-state index contributed by atoms with van der Waals surface area (Å²) in [5.41, 5.74) is 3.67. The van der Waals surface area contributed by atoms with Gasteiger partial charge in [-0.15, -0.1) is 5.10 Å². The first-order valence-electron chi connectivity index (χ1n) is 8.08. The van der Waals surface area contributed by atoms with E-state index in [2.05, 4.69) is 26.9 Å². The summed E-state index contributed by atoms with van der Waals surface area (Å²) in [6.07, 6.45) is 1.39. The molecule has 25 heavy (non-hydrogen) atoms. The van der Waals surface area contributed by atoms with Crippen LogP contribution in [0, 0.1) is 18.3 Å². The van der Waals surface area contributed by atoms with Gasteiger partial charge in [0.25, 0.3) is 0 Å². The molecule has 0 unspecified atom stereocenters. The minimum atomic E-state index is -0.283. The van der Waals surface area contributed by atoms with E-state index in [4.69, 9.17) is 11.6 Å². The third kappa shape index (κ3) is 4.46. The maximum atomic E-state index is 12.1. The van der Waals surface area contributed by atoms with Crippen molar-refractivity contribution < 1.29 is 4.79 Å². The Balaban J connectivity index is 2.10. The van der Waals surface area contributed by atoms with Crippen molar-refractivity contribution in [3.63, 3.8) is 0 Å². The second kappa shape index (κ2) is 8.45. The number of benzene rings is 1. The highest BCUT2D eigenvalue weighted by atomic mass is 35.5. The van der Waals surface area contributed by atoms with Gasteiger partial charge >= 0.3 is 0 Å². The Morgan fingerprint density at radius 3 is 2.64 bits per heavy atom. The Hall–Kier alpha value is -2.65. The van der Waals surface area contributed by atoms with Crippen LogP contribution in [0.25, 0.3) is 0 Å². The summed E-state index contributed by atoms with van der Waals surface area (Å²) in [6.45, 7) is 5.82. The minimum absolute atomic E-state index is 0.0395. The van der Waals surface area contributed by atoms with E-state index in [1.165, 1.54) is 0 Å². The first kappa shape index (κ1) is 18.7. The minimum Gasteiger partial charge on any atom is -0.358 e. The Bertz CT molecular complexity index is 829. The van der Waals surface area contributed by atoms with Crippen LogP contribution in [-0.2, 0) is 17.6 Å². The molecule has 0 atom stereocenters. The summed E-state index contributed by atoms with van der Waals surface area (Å²) in [7, 11) is 0. The Kier molecular flexibility index (Phi) is 6.31. The van der Waals surface area contributed by atoms with E-state index in [9.17, 15) is 10.1 Å². The number of nitrogens with zero attached hydrogens (tertiary/aromatic N) is 3. The predicted molar refractivity (Wildman–Crippen MR) is 98.8 cm³/mol. The number of rotatable bonds is 6. The lowest BCUT2D eigenvalue weighted by Crippen LogP contribution is -2.23. The van der Waals surface area contributed by atoms with Gasteiger partial charge in [0.15, 0.2) is 5.82 Å². The fraction of sp³-hybridized carbons (Fsp3) is 0.333. The summed E-state index contributed by atoms with van der Waals surface area (Å²) in [4.78, 5) is 12.1. The van der Waals surface area contributed by atoms with E-state index in [1.54, 1.807) is 12.1 Å². The molecule has 1 aromatic carbocycles. The fourth-order valence-electron chi connectivity index (χ4n) is 2.50. The third-order valence-electron chi connectivity index (χ3n) is 3.77. The van der Waals surface area contributed by atoms with Crippen LogP contribution in [0.15, 0.2) is 18.2 Å². The maximum absolute atomic E-state index is 12.1. The molecule has 6 nitrogen and oxygen atoms in total. The van der Waals surface area contributed by atoms with Crippen LogP contribution in [0.2, 0.25) is 5.02 Å². The third-order valence-corrected chi connectivity index (χ3v) is 4.09. The predicted octanol–water partition coefficient (Wildman–Crippen LogP) is 3.49. The molecular weight excluding hydrogens is 338 g/mol. The molecular formula is C18H20ClN5O. The number of carbonyl (C=O) groups excluding carboxylic acids is 1. The zero-order valence-electron chi connectivity index (χ0n) is 14.5. The van der Waals surface area contributed by atoms with Crippen LogP contribution >= 0.6 is 11.6 Å². The average molecular weight is 358 g/mol. The molecule has 130 valence electrons. The lowest BCUT2D eigenvalue weighted by atomic mass is 10.0. The number of amides is 1. The first-order valence-corrected chi connectivity index (χ1v) is 8.46. The van der Waals surface area contributed by atoms with E-state index < -0.39 is 0 Å². The maximum Gasteiger partial charge on any atom is 0.243 e. The van der Waals surface area contributed by atoms with Gasteiger partial charge in [-0.05, 0) is 43.0 Å². The molecule has 2 rings (SSSR count). The van der Waals surface area contributed by atoms with Crippen LogP contribution in [0.4, 0.5) is 11.5 Å². The van der Waals surface area contributed by atoms with Crippen LogP contribution in [0.3, 0.4) is 0 Å². The normalized spacial score (nSPS) is 10.2. The van der Waals surface area contributed by atoms with E-state index in [0.29, 0.717) is 34.9 Å². The van der Waals surface area contributed by atoms with Gasteiger partial charge in [-0.1, -0.05) is 31.5 Å². The van der Waals surface area contributed by atoms with E-state index in [0.717, 1.165) is 16.8 Å². The molecule has 0 radical (unpaired) electrons. The van der Waals surface area contributed by atoms with Crippen molar-refractivity contribution in [2.45, 2.75) is 33.6 Å². The molecule has 0 bridgehead atoms. The largest absolute Gasteiger partial charge is 0.358 e. The van der Waals surface area contributed by atoms with Gasteiger partial charge in [0.05, 0.1) is 22.9 Å². The number of aryl methyl sites for hydroxylation is 2. The van der Waals surface area contributed by atoms with E-state index in [1.807, 2.05) is 26.8 Å². The Morgan fingerprint density at radius 2 is 2.04 bits per heavy atom. The van der Waals surface area contributed by atoms with Crippen LogP contribution in [0.1, 0.15) is 36.2 Å². The van der Waals surface area contributed by atoms with Crippen LogP contribution in [0.5, 0.6) is 0 Å². The monoisotopic (exact) mass is 357 g/mol. The Labute approximate surface area is 152 Å². The summed E-state index contributed by atoms with van der Waals surface area (Å²) >= 11 is 6.11. The van der Waals surface area contributed by atoms with Crippen molar-refractivity contribution in [2.75, 3.05) is 17.2 Å². The molecule has 0 saturated carbocycles. The summed E-state index contributed by atoms with van der Waals surface area (Å²) < 4.78 is 0. The highest BCUT2D eigenvalue weighted by Gasteiger charge is 2.15. The van der Waals surface area contributed by atoms with Crippen molar-refractivity contribution in [3.05, 3.63) is 45.6 Å². The number of nitrogens with one attached hydrogen (secondary N) is 2. The number of hydrogen-bond acceptors (Lipinski definition) is 5. The number of nitriles is 1. The number of anilines is 2. The number of aromatic nitrogens is 2. The van der Waals surface area contributed by atoms with E-state index >= 15 is 0 Å². The van der Waals surface area contributed by atoms with Crippen molar-refractivity contribution >= 4 is 29.0 Å². The van der Waals surface area contributed by atoms with Crippen LogP contribution in [-0.4, -0.2) is 22.6 Å². The molecule has 0 aliphatic rings. The van der Waals surface area contributed by atoms with Gasteiger partial charge in [-0.25, -0.2) is 0 Å². The smallest absolute Gasteiger partial charge is 0.243 e. The average Bonchev–Trinajstić information content (AvgIpc) is 2.61. The van der Waals surface area contributed by atoms with Gasteiger partial charge in [0.2, 0.25) is 5.91 Å². The number of halogens is 1. The molecule has 0 aliphatic carbocycles. The van der Waals surface area contributed by atoms with Gasteiger partial charge in [-0.3, -0.25) is 4.79 Å². The number of carbonyl (C=O) groups is 1. The zero-order valence-corrected chi connectivity index (χ0v) is 15.2. The second-order valence-electron chi connectivity index (χ2n) is 5.55. The molecule has 2 N–H and O–H groups in total. The zero-order chi connectivity index (χ0) is 18.4. The molecule has 1 amide bonds. The van der Waals surface area contributed by atoms with Crippen LogP contribution < -0.4 is 10.6 Å². The molecule has 0 saturated heterocycles. The SMILES string of the molecule is CCc1nnc(NCC(=O)Nc2ccc(C)cc2Cl)c(C#N)c1CC. The molecule has 1 aromatic heterocycles. The van der Waals surface area contributed by atoms with Gasteiger partial charge in [0.1, 0.15) is 11.6 Å². The van der Waals surface area contributed by atoms with Gasteiger partial charge in [-0.2, -0.15) is 10.4 Å². The molecule has 0 aliphatic heterocycles. The second-order valence-corrected chi connectivity index (χ2v) is 5.96. The van der Waals surface area contributed by atoms with Crippen molar-refractivity contribution in [2.24, 2.45) is 0 Å². The van der Waals surface area contributed by atoms with E-state index in [-0.39, 0.29) is 12.5 Å². The summed E-state index contributed by atoms with van der Waals surface area (Å²) in [5.74, 6) is 0.0377. The van der Waals surface area contributed by atoms with Gasteiger partial charge in [0, 0.05) is 0 Å². The lowest BCUT2D eigenvalue weighted by Gasteiger charge is -2.12.